The molecular weight excluding hydrogens is 496 g/mol. The number of ketones is 1. The Hall–Kier alpha value is -1.28. The molecule has 2 rings (SSSR count). The van der Waals surface area contributed by atoms with Crippen LogP contribution in [0.15, 0.2) is 12.2 Å². The molecule has 6 atom stereocenters. The van der Waals surface area contributed by atoms with Gasteiger partial charge in [0.1, 0.15) is 11.9 Å². The highest BCUT2D eigenvalue weighted by atomic mass is 16.7. The lowest BCUT2D eigenvalue weighted by molar-refractivity contribution is -0.243. The van der Waals surface area contributed by atoms with Gasteiger partial charge in [-0.05, 0) is 13.3 Å². The molecule has 0 bridgehead atoms. The molecule has 0 radical (unpaired) electrons. The van der Waals surface area contributed by atoms with Crippen molar-refractivity contribution in [3.05, 3.63) is 12.2 Å². The second-order valence-electron chi connectivity index (χ2n) is 11.8. The molecule has 226 valence electrons. The molecule has 0 amide bonds. The van der Waals surface area contributed by atoms with Crippen molar-refractivity contribution in [2.75, 3.05) is 0 Å². The number of Topliss-reactive ketones (excluding diaryl/α,β-unsaturated/α-hetero) is 1. The number of aliphatic hydroxyl groups is 2. The maximum absolute atomic E-state index is 12.4. The van der Waals surface area contributed by atoms with Crippen LogP contribution in [0.4, 0.5) is 0 Å². The van der Waals surface area contributed by atoms with E-state index in [0.717, 1.165) is 12.8 Å². The Morgan fingerprint density at radius 2 is 1.41 bits per heavy atom. The Kier molecular flexibility index (Phi) is 17.9. The van der Waals surface area contributed by atoms with Gasteiger partial charge in [-0.25, -0.2) is 4.79 Å². The van der Waals surface area contributed by atoms with Gasteiger partial charge in [0, 0.05) is 44.6 Å². The van der Waals surface area contributed by atoms with Gasteiger partial charge >= 0.3 is 5.97 Å². The summed E-state index contributed by atoms with van der Waals surface area (Å²) in [6.07, 6.45) is 20.5. The normalized spacial score (nSPS) is 24.9. The Balaban J connectivity index is 1.49. The highest BCUT2D eigenvalue weighted by Gasteiger charge is 2.32. The monoisotopic (exact) mass is 552 g/mol. The zero-order valence-corrected chi connectivity index (χ0v) is 24.7. The minimum Gasteiger partial charge on any atom is -0.459 e. The molecular formula is C32H56O7. The lowest BCUT2D eigenvalue weighted by Crippen LogP contribution is -2.40. The molecule has 39 heavy (non-hydrogen) atoms. The molecule has 2 N–H and O–H groups in total. The number of esters is 1. The quantitative estimate of drug-likeness (QED) is 0.114. The van der Waals surface area contributed by atoms with E-state index in [0.29, 0.717) is 32.1 Å². The van der Waals surface area contributed by atoms with E-state index >= 15 is 0 Å². The van der Waals surface area contributed by atoms with Crippen molar-refractivity contribution >= 4 is 11.8 Å². The van der Waals surface area contributed by atoms with Gasteiger partial charge in [-0.1, -0.05) is 96.5 Å². The third-order valence-corrected chi connectivity index (χ3v) is 7.86. The van der Waals surface area contributed by atoms with E-state index in [-0.39, 0.29) is 42.9 Å². The van der Waals surface area contributed by atoms with Gasteiger partial charge in [-0.15, -0.1) is 0 Å². The molecule has 1 saturated heterocycles. The third-order valence-electron chi connectivity index (χ3n) is 7.86. The van der Waals surface area contributed by atoms with E-state index < -0.39 is 18.5 Å². The molecule has 2 aliphatic heterocycles. The van der Waals surface area contributed by atoms with Crippen LogP contribution in [0.5, 0.6) is 0 Å². The van der Waals surface area contributed by atoms with Crippen molar-refractivity contribution in [2.24, 2.45) is 0 Å². The minimum atomic E-state index is -0.813. The first-order valence-electron chi connectivity index (χ1n) is 15.9. The zero-order valence-electron chi connectivity index (χ0n) is 24.7. The van der Waals surface area contributed by atoms with E-state index in [1.54, 1.807) is 0 Å². The van der Waals surface area contributed by atoms with E-state index in [4.69, 9.17) is 14.2 Å². The Morgan fingerprint density at radius 1 is 0.846 bits per heavy atom. The van der Waals surface area contributed by atoms with E-state index in [9.17, 15) is 19.8 Å². The topological polar surface area (TPSA) is 102 Å². The lowest BCUT2D eigenvalue weighted by atomic mass is 9.95. The SMILES string of the molecule is CCCCCCCCCCCCCCC[C@H](O)CC(=O)C[C@@H](O)C[C@@H]1C[C@H](C[C@H]2CC=CC(=O)O2)O[C@H](C)O1. The maximum Gasteiger partial charge on any atom is 0.330 e. The van der Waals surface area contributed by atoms with Gasteiger partial charge in [0.25, 0.3) is 0 Å². The van der Waals surface area contributed by atoms with E-state index in [2.05, 4.69) is 6.92 Å². The first kappa shape index (κ1) is 33.9. The zero-order chi connectivity index (χ0) is 28.3. The minimum absolute atomic E-state index is 0.0282. The number of carbonyl (C=O) groups excluding carboxylic acids is 2. The summed E-state index contributed by atoms with van der Waals surface area (Å²) in [7, 11) is 0. The summed E-state index contributed by atoms with van der Waals surface area (Å²) in [4.78, 5) is 23.9. The molecule has 1 fully saturated rings. The Bertz CT molecular complexity index is 694. The largest absolute Gasteiger partial charge is 0.459 e. The second kappa shape index (κ2) is 20.6. The third kappa shape index (κ3) is 16.5. The summed E-state index contributed by atoms with van der Waals surface area (Å²) in [5.74, 6) is -0.435. The van der Waals surface area contributed by atoms with Crippen molar-refractivity contribution in [3.8, 4) is 0 Å². The smallest absolute Gasteiger partial charge is 0.330 e. The fourth-order valence-corrected chi connectivity index (χ4v) is 5.78. The van der Waals surface area contributed by atoms with Crippen LogP contribution < -0.4 is 0 Å². The number of aliphatic hydroxyl groups excluding tert-OH is 2. The fraction of sp³-hybridized carbons (Fsp3) is 0.875. The highest BCUT2D eigenvalue weighted by molar-refractivity contribution is 5.82. The van der Waals surface area contributed by atoms with Gasteiger partial charge in [-0.3, -0.25) is 4.79 Å². The molecule has 7 heteroatoms. The number of unbranched alkanes of at least 4 members (excludes halogenated alkanes) is 12. The van der Waals surface area contributed by atoms with Crippen LogP contribution >= 0.6 is 0 Å². The van der Waals surface area contributed by atoms with Crippen LogP contribution in [0.1, 0.15) is 142 Å². The van der Waals surface area contributed by atoms with Gasteiger partial charge in [0.15, 0.2) is 6.29 Å². The molecule has 0 aromatic carbocycles. The molecule has 0 unspecified atom stereocenters. The Labute approximate surface area is 237 Å². The number of ether oxygens (including phenoxy) is 3. The average molecular weight is 553 g/mol. The van der Waals surface area contributed by atoms with Gasteiger partial charge < -0.3 is 24.4 Å². The molecule has 2 aliphatic rings. The molecule has 7 nitrogen and oxygen atoms in total. The standard InChI is InChI=1S/C32H56O7/c1-3-4-5-6-7-8-9-10-11-12-13-14-15-17-26(33)20-27(34)21-28(35)22-30-24-31(38-25(2)37-30)23-29-18-16-19-32(36)39-29/h16,19,25-26,28-31,33,35H,3-15,17-18,20-24H2,1-2H3/t25-,26+,28-,29-,30-,31+/m1/s1. The van der Waals surface area contributed by atoms with Gasteiger partial charge in [-0.2, -0.15) is 0 Å². The summed E-state index contributed by atoms with van der Waals surface area (Å²) >= 11 is 0. The number of cyclic esters (lactones) is 1. The summed E-state index contributed by atoms with van der Waals surface area (Å²) in [6.45, 7) is 4.07. The summed E-state index contributed by atoms with van der Waals surface area (Å²) in [6, 6.07) is 0. The van der Waals surface area contributed by atoms with Gasteiger partial charge in [0.2, 0.25) is 0 Å². The first-order valence-corrected chi connectivity index (χ1v) is 15.9. The lowest BCUT2D eigenvalue weighted by Gasteiger charge is -2.36. The van der Waals surface area contributed by atoms with E-state index in [1.807, 2.05) is 13.0 Å². The van der Waals surface area contributed by atoms with Crippen molar-refractivity contribution in [2.45, 2.75) is 179 Å². The van der Waals surface area contributed by atoms with Crippen LogP contribution in [0.2, 0.25) is 0 Å². The molecule has 0 aliphatic carbocycles. The number of carbonyl (C=O) groups is 2. The fourth-order valence-electron chi connectivity index (χ4n) is 5.78. The highest BCUT2D eigenvalue weighted by Crippen LogP contribution is 2.27. The summed E-state index contributed by atoms with van der Waals surface area (Å²) in [5.41, 5.74) is 0. The Morgan fingerprint density at radius 3 is 2.03 bits per heavy atom. The van der Waals surface area contributed by atoms with Crippen LogP contribution in [0, 0.1) is 0 Å². The number of hydrogen-bond acceptors (Lipinski definition) is 7. The van der Waals surface area contributed by atoms with E-state index in [1.165, 1.54) is 76.7 Å². The summed E-state index contributed by atoms with van der Waals surface area (Å²) in [5, 5.41) is 20.8. The molecule has 0 spiro atoms. The molecule has 0 aromatic rings. The first-order chi connectivity index (χ1) is 18.9. The summed E-state index contributed by atoms with van der Waals surface area (Å²) < 4.78 is 17.0. The number of hydrogen-bond donors (Lipinski definition) is 2. The second-order valence-corrected chi connectivity index (χ2v) is 11.8. The van der Waals surface area contributed by atoms with Crippen molar-refractivity contribution in [1.29, 1.82) is 0 Å². The number of rotatable bonds is 22. The van der Waals surface area contributed by atoms with Gasteiger partial charge in [0.05, 0.1) is 24.4 Å². The van der Waals surface area contributed by atoms with Crippen molar-refractivity contribution < 1.29 is 34.0 Å². The predicted octanol–water partition coefficient (Wildman–Crippen LogP) is 6.71. The van der Waals surface area contributed by atoms with Crippen molar-refractivity contribution in [3.63, 3.8) is 0 Å². The average Bonchev–Trinajstić information content (AvgIpc) is 2.86. The van der Waals surface area contributed by atoms with Crippen LogP contribution in [0.3, 0.4) is 0 Å². The van der Waals surface area contributed by atoms with Crippen molar-refractivity contribution in [1.82, 2.24) is 0 Å². The molecule has 2 heterocycles. The molecule has 0 saturated carbocycles. The van der Waals surface area contributed by atoms with Crippen LogP contribution in [-0.2, 0) is 23.8 Å². The predicted molar refractivity (Wildman–Crippen MR) is 153 cm³/mol. The maximum atomic E-state index is 12.4. The van der Waals surface area contributed by atoms with Crippen LogP contribution in [0.25, 0.3) is 0 Å². The molecule has 0 aromatic heterocycles. The van der Waals surface area contributed by atoms with Crippen LogP contribution in [-0.4, -0.2) is 58.8 Å².